The number of hydrogen-bond donors (Lipinski definition) is 0. The molecule has 2 nitrogen and oxygen atoms in total. The minimum Gasteiger partial charge on any atom is -0.228 e. The summed E-state index contributed by atoms with van der Waals surface area (Å²) < 4.78 is 0. The van der Waals surface area contributed by atoms with Gasteiger partial charge in [0, 0.05) is 31.9 Å². The summed E-state index contributed by atoms with van der Waals surface area (Å²) in [6.45, 7) is 4.82. The number of fused-ring (bicyclic) bond motifs is 9. The smallest absolute Gasteiger partial charge is 0.160 e. The lowest BCUT2D eigenvalue weighted by molar-refractivity contribution is 0.550. The summed E-state index contributed by atoms with van der Waals surface area (Å²) in [5, 5.41) is 2.40. The van der Waals surface area contributed by atoms with Crippen molar-refractivity contribution in [2.24, 2.45) is 0 Å². The van der Waals surface area contributed by atoms with E-state index >= 15 is 0 Å². The monoisotopic (exact) mass is 746 g/mol. The van der Waals surface area contributed by atoms with E-state index in [9.17, 15) is 0 Å². The van der Waals surface area contributed by atoms with Crippen LogP contribution in [0, 0.1) is 0 Å². The van der Waals surface area contributed by atoms with Crippen molar-refractivity contribution in [1.82, 2.24) is 9.97 Å². The van der Waals surface area contributed by atoms with Crippen LogP contribution in [0.15, 0.2) is 204 Å². The molecule has 1 spiro atoms. The highest BCUT2D eigenvalue weighted by atomic mass is 32.2. The highest BCUT2D eigenvalue weighted by Crippen LogP contribution is 2.62. The van der Waals surface area contributed by atoms with Crippen LogP contribution in [0.1, 0.15) is 47.2 Å². The Morgan fingerprint density at radius 2 is 0.930 bits per heavy atom. The van der Waals surface area contributed by atoms with Crippen LogP contribution < -0.4 is 0 Å². The highest BCUT2D eigenvalue weighted by molar-refractivity contribution is 7.99. The van der Waals surface area contributed by atoms with Crippen LogP contribution in [0.2, 0.25) is 0 Å². The maximum atomic E-state index is 5.25. The molecule has 2 aliphatic rings. The number of rotatable bonds is 4. The van der Waals surface area contributed by atoms with Gasteiger partial charge in [-0.05, 0) is 85.6 Å². The third-order valence-corrected chi connectivity index (χ3v) is 13.3. The minimum absolute atomic E-state index is 0.281. The summed E-state index contributed by atoms with van der Waals surface area (Å²) in [4.78, 5) is 13.0. The standard InChI is InChI=1S/C54H38N2S/c1-53(2)42-23-8-9-24-43(42)54(44-25-10-12-28-49(44)57-50-29-13-11-26-45(50)54)46-27-15-22-41(51(46)53)38-20-14-21-39(33-38)47-34-48(56-52(55-47)36-17-4-3-5-18-36)40-31-30-35-16-6-7-19-37(35)32-40/h3-34H,1-2H3. The molecular formula is C54H38N2S. The van der Waals surface area contributed by atoms with Crippen molar-refractivity contribution in [3.63, 3.8) is 0 Å². The van der Waals surface area contributed by atoms with Gasteiger partial charge in [0.15, 0.2) is 5.82 Å². The molecule has 11 rings (SSSR count). The Bertz CT molecular complexity index is 2990. The Labute approximate surface area is 338 Å². The average Bonchev–Trinajstić information content (AvgIpc) is 3.27. The number of nitrogens with zero attached hydrogens (tertiary/aromatic N) is 2. The SMILES string of the molecule is CC1(C)c2ccccc2C2(c3ccccc3Sc3ccccc32)c2cccc(-c3cccc(-c4cc(-c5ccc6ccccc6c5)nc(-c5ccccc5)n4)c3)c21. The lowest BCUT2D eigenvalue weighted by Crippen LogP contribution is -2.43. The number of benzene rings is 8. The largest absolute Gasteiger partial charge is 0.228 e. The van der Waals surface area contributed by atoms with E-state index in [1.807, 2.05) is 17.8 Å². The van der Waals surface area contributed by atoms with Gasteiger partial charge in [0.1, 0.15) is 0 Å². The lowest BCUT2D eigenvalue weighted by Gasteiger charge is -2.51. The average molecular weight is 747 g/mol. The van der Waals surface area contributed by atoms with Crippen LogP contribution in [-0.2, 0) is 10.8 Å². The molecule has 0 atom stereocenters. The maximum absolute atomic E-state index is 5.25. The minimum atomic E-state index is -0.473. The van der Waals surface area contributed by atoms with Crippen molar-refractivity contribution in [1.29, 1.82) is 0 Å². The van der Waals surface area contributed by atoms with Crippen LogP contribution in [0.3, 0.4) is 0 Å². The fraction of sp³-hybridized carbons (Fsp3) is 0.0741. The molecule has 57 heavy (non-hydrogen) atoms. The second-order valence-corrected chi connectivity index (χ2v) is 16.8. The van der Waals surface area contributed by atoms with Gasteiger partial charge < -0.3 is 0 Å². The Morgan fingerprint density at radius 3 is 1.67 bits per heavy atom. The second kappa shape index (κ2) is 13.0. The molecule has 1 aromatic heterocycles. The van der Waals surface area contributed by atoms with Gasteiger partial charge in [-0.15, -0.1) is 0 Å². The molecule has 0 fully saturated rings. The van der Waals surface area contributed by atoms with Crippen molar-refractivity contribution >= 4 is 22.5 Å². The summed E-state index contributed by atoms with van der Waals surface area (Å²) in [6.07, 6.45) is 0. The van der Waals surface area contributed by atoms with Gasteiger partial charge >= 0.3 is 0 Å². The van der Waals surface area contributed by atoms with E-state index < -0.39 is 5.41 Å². The fourth-order valence-corrected chi connectivity index (χ4v) is 10.8. The number of hydrogen-bond acceptors (Lipinski definition) is 3. The van der Waals surface area contributed by atoms with E-state index in [1.54, 1.807) is 0 Å². The number of aromatic nitrogens is 2. The molecule has 1 aliphatic heterocycles. The quantitative estimate of drug-likeness (QED) is 0.179. The molecule has 9 aromatic rings. The third kappa shape index (κ3) is 5.19. The van der Waals surface area contributed by atoms with E-state index in [4.69, 9.17) is 9.97 Å². The summed E-state index contributed by atoms with van der Waals surface area (Å²) >= 11 is 1.89. The molecular weight excluding hydrogens is 709 g/mol. The summed E-state index contributed by atoms with van der Waals surface area (Å²) in [5.41, 5.74) is 14.7. The van der Waals surface area contributed by atoms with Gasteiger partial charge in [0.25, 0.3) is 0 Å². The van der Waals surface area contributed by atoms with Crippen LogP contribution in [-0.4, -0.2) is 9.97 Å². The molecule has 0 amide bonds. The van der Waals surface area contributed by atoms with Gasteiger partial charge in [-0.2, -0.15) is 0 Å². The zero-order valence-corrected chi connectivity index (χ0v) is 32.6. The van der Waals surface area contributed by atoms with Gasteiger partial charge in [-0.1, -0.05) is 189 Å². The van der Waals surface area contributed by atoms with Crippen molar-refractivity contribution in [2.45, 2.75) is 34.5 Å². The van der Waals surface area contributed by atoms with E-state index in [0.29, 0.717) is 5.82 Å². The first-order chi connectivity index (χ1) is 28.0. The first-order valence-corrected chi connectivity index (χ1v) is 20.5. The van der Waals surface area contributed by atoms with Crippen molar-refractivity contribution in [3.05, 3.63) is 228 Å². The zero-order chi connectivity index (χ0) is 38.1. The summed E-state index contributed by atoms with van der Waals surface area (Å²) in [6, 6.07) is 70.8. The van der Waals surface area contributed by atoms with Gasteiger partial charge in [0.2, 0.25) is 0 Å². The normalized spacial score (nSPS) is 14.4. The van der Waals surface area contributed by atoms with E-state index in [0.717, 1.165) is 28.1 Å². The van der Waals surface area contributed by atoms with E-state index in [-0.39, 0.29) is 5.41 Å². The Hall–Kier alpha value is -6.55. The molecule has 0 bridgehead atoms. The van der Waals surface area contributed by atoms with Gasteiger partial charge in [-0.25, -0.2) is 9.97 Å². The van der Waals surface area contributed by atoms with Gasteiger partial charge in [-0.3, -0.25) is 0 Å². The first-order valence-electron chi connectivity index (χ1n) is 19.7. The predicted octanol–water partition coefficient (Wildman–Crippen LogP) is 13.8. The first kappa shape index (κ1) is 33.8. The van der Waals surface area contributed by atoms with Crippen LogP contribution >= 0.6 is 11.8 Å². The Morgan fingerprint density at radius 1 is 0.386 bits per heavy atom. The maximum Gasteiger partial charge on any atom is 0.160 e. The molecule has 0 unspecified atom stereocenters. The van der Waals surface area contributed by atoms with Crippen LogP contribution in [0.5, 0.6) is 0 Å². The van der Waals surface area contributed by atoms with E-state index in [1.165, 1.54) is 65.1 Å². The third-order valence-electron chi connectivity index (χ3n) is 12.2. The Kier molecular flexibility index (Phi) is 7.71. The molecule has 2 heterocycles. The van der Waals surface area contributed by atoms with Gasteiger partial charge in [0.05, 0.1) is 16.8 Å². The Balaban J connectivity index is 1.14. The molecule has 0 saturated carbocycles. The highest BCUT2D eigenvalue weighted by Gasteiger charge is 2.52. The summed E-state index contributed by atoms with van der Waals surface area (Å²) in [7, 11) is 0. The molecule has 1 aliphatic carbocycles. The lowest BCUT2D eigenvalue weighted by atomic mass is 9.53. The van der Waals surface area contributed by atoms with Crippen molar-refractivity contribution in [2.75, 3.05) is 0 Å². The molecule has 8 aromatic carbocycles. The molecule has 0 radical (unpaired) electrons. The molecule has 0 saturated heterocycles. The van der Waals surface area contributed by atoms with Crippen molar-refractivity contribution < 1.29 is 0 Å². The fourth-order valence-electron chi connectivity index (χ4n) is 9.64. The second-order valence-electron chi connectivity index (χ2n) is 15.7. The molecule has 3 heteroatoms. The zero-order valence-electron chi connectivity index (χ0n) is 31.8. The van der Waals surface area contributed by atoms with Crippen LogP contribution in [0.4, 0.5) is 0 Å². The van der Waals surface area contributed by atoms with E-state index in [2.05, 4.69) is 202 Å². The van der Waals surface area contributed by atoms with Crippen molar-refractivity contribution in [3.8, 4) is 45.0 Å². The predicted molar refractivity (Wildman–Crippen MR) is 236 cm³/mol. The topological polar surface area (TPSA) is 25.8 Å². The summed E-state index contributed by atoms with van der Waals surface area (Å²) in [5.74, 6) is 0.714. The molecule has 0 N–H and O–H groups in total. The molecule has 270 valence electrons. The van der Waals surface area contributed by atoms with Crippen LogP contribution in [0.25, 0.3) is 55.8 Å².